The Balaban J connectivity index is 1.47. The number of aromatic nitrogens is 3. The van der Waals surface area contributed by atoms with E-state index in [1.54, 1.807) is 18.7 Å². The number of carbonyl (C=O) groups is 1. The van der Waals surface area contributed by atoms with Crippen LogP contribution < -0.4 is 10.2 Å². The summed E-state index contributed by atoms with van der Waals surface area (Å²) in [7, 11) is 0. The molecule has 0 saturated carbocycles. The Kier molecular flexibility index (Phi) is 4.16. The van der Waals surface area contributed by atoms with E-state index < -0.39 is 0 Å². The first-order chi connectivity index (χ1) is 12.3. The van der Waals surface area contributed by atoms with Crippen LogP contribution in [0, 0.1) is 0 Å². The van der Waals surface area contributed by atoms with Crippen molar-refractivity contribution in [2.45, 2.75) is 12.8 Å². The first kappa shape index (κ1) is 15.4. The quantitative estimate of drug-likeness (QED) is 0.797. The minimum atomic E-state index is -0.164. The minimum Gasteiger partial charge on any atom is -0.357 e. The van der Waals surface area contributed by atoms with Gasteiger partial charge in [-0.3, -0.25) is 4.79 Å². The number of nitrogens with one attached hydrogen (secondary N) is 1. The average Bonchev–Trinajstić information content (AvgIpc) is 3.36. The number of benzene rings is 1. The smallest absolute Gasteiger partial charge is 0.257 e. The van der Waals surface area contributed by atoms with E-state index in [0.29, 0.717) is 5.56 Å². The molecule has 0 bridgehead atoms. The molecule has 126 valence electrons. The maximum Gasteiger partial charge on any atom is 0.257 e. The van der Waals surface area contributed by atoms with E-state index in [1.165, 1.54) is 12.8 Å². The van der Waals surface area contributed by atoms with Gasteiger partial charge in [-0.05, 0) is 43.2 Å². The predicted octanol–water partition coefficient (Wildman–Crippen LogP) is 3.12. The normalized spacial score (nSPS) is 13.8. The molecule has 0 spiro atoms. The number of imidazole rings is 1. The third-order valence-electron chi connectivity index (χ3n) is 4.35. The number of hydrogen-bond donors (Lipinski definition) is 1. The third-order valence-corrected chi connectivity index (χ3v) is 4.35. The van der Waals surface area contributed by atoms with Crippen LogP contribution in [0.4, 0.5) is 11.5 Å². The summed E-state index contributed by atoms with van der Waals surface area (Å²) in [6.07, 6.45) is 9.36. The summed E-state index contributed by atoms with van der Waals surface area (Å²) in [5.41, 5.74) is 2.23. The number of pyridine rings is 1. The molecular weight excluding hydrogens is 314 g/mol. The highest BCUT2D eigenvalue weighted by Crippen LogP contribution is 2.19. The molecule has 1 saturated heterocycles. The van der Waals surface area contributed by atoms with Crippen molar-refractivity contribution in [3.63, 3.8) is 0 Å². The SMILES string of the molecule is O=C(Nc1cccc(-n2ccnc2)c1)c1ccc(N2CCCC2)nc1. The molecule has 0 unspecified atom stereocenters. The molecular formula is C19H19N5O. The van der Waals surface area contributed by atoms with E-state index in [9.17, 15) is 4.79 Å². The van der Waals surface area contributed by atoms with Crippen molar-refractivity contribution in [2.75, 3.05) is 23.3 Å². The molecule has 25 heavy (non-hydrogen) atoms. The monoisotopic (exact) mass is 333 g/mol. The van der Waals surface area contributed by atoms with Gasteiger partial charge in [0, 0.05) is 43.1 Å². The van der Waals surface area contributed by atoms with E-state index in [1.807, 2.05) is 47.2 Å². The van der Waals surface area contributed by atoms with Crippen LogP contribution in [-0.2, 0) is 0 Å². The Bertz CT molecular complexity index is 852. The molecule has 1 fully saturated rings. The first-order valence-corrected chi connectivity index (χ1v) is 8.40. The van der Waals surface area contributed by atoms with Crippen LogP contribution in [0.25, 0.3) is 5.69 Å². The standard InChI is InChI=1S/C19H19N5O/c25-19(15-6-7-18(21-13-15)23-9-1-2-10-23)22-16-4-3-5-17(12-16)24-11-8-20-14-24/h3-8,11-14H,1-2,9-10H2,(H,22,25). The lowest BCUT2D eigenvalue weighted by molar-refractivity contribution is 0.102. The molecule has 1 aliphatic rings. The summed E-state index contributed by atoms with van der Waals surface area (Å²) in [5, 5.41) is 2.92. The molecule has 1 aliphatic heterocycles. The number of carbonyl (C=O) groups excluding carboxylic acids is 1. The van der Waals surface area contributed by atoms with Crippen molar-refractivity contribution in [3.8, 4) is 5.69 Å². The van der Waals surface area contributed by atoms with Gasteiger partial charge >= 0.3 is 0 Å². The number of amides is 1. The van der Waals surface area contributed by atoms with Crippen LogP contribution in [0.1, 0.15) is 23.2 Å². The van der Waals surface area contributed by atoms with Gasteiger partial charge in [0.25, 0.3) is 5.91 Å². The largest absolute Gasteiger partial charge is 0.357 e. The summed E-state index contributed by atoms with van der Waals surface area (Å²) < 4.78 is 1.89. The fourth-order valence-electron chi connectivity index (χ4n) is 3.01. The zero-order valence-corrected chi connectivity index (χ0v) is 13.8. The second-order valence-electron chi connectivity index (χ2n) is 6.07. The van der Waals surface area contributed by atoms with E-state index in [4.69, 9.17) is 0 Å². The van der Waals surface area contributed by atoms with Crippen molar-refractivity contribution >= 4 is 17.4 Å². The molecule has 0 radical (unpaired) electrons. The molecule has 6 nitrogen and oxygen atoms in total. The van der Waals surface area contributed by atoms with Gasteiger partial charge in [0.15, 0.2) is 0 Å². The summed E-state index contributed by atoms with van der Waals surface area (Å²) >= 11 is 0. The summed E-state index contributed by atoms with van der Waals surface area (Å²) in [6.45, 7) is 2.08. The second kappa shape index (κ2) is 6.76. The maximum atomic E-state index is 12.5. The molecule has 0 aliphatic carbocycles. The fraction of sp³-hybridized carbons (Fsp3) is 0.211. The highest BCUT2D eigenvalue weighted by Gasteiger charge is 2.14. The lowest BCUT2D eigenvalue weighted by Gasteiger charge is -2.16. The number of hydrogen-bond acceptors (Lipinski definition) is 4. The summed E-state index contributed by atoms with van der Waals surface area (Å²) in [5.74, 6) is 0.777. The van der Waals surface area contributed by atoms with Gasteiger partial charge in [0.2, 0.25) is 0 Å². The maximum absolute atomic E-state index is 12.5. The second-order valence-corrected chi connectivity index (χ2v) is 6.07. The Labute approximate surface area is 146 Å². The molecule has 2 aromatic heterocycles. The predicted molar refractivity (Wildman–Crippen MR) is 97.2 cm³/mol. The minimum absolute atomic E-state index is 0.164. The summed E-state index contributed by atoms with van der Waals surface area (Å²) in [4.78, 5) is 23.2. The number of nitrogens with zero attached hydrogens (tertiary/aromatic N) is 4. The van der Waals surface area contributed by atoms with Gasteiger partial charge in [0.05, 0.1) is 11.9 Å². The topological polar surface area (TPSA) is 63.1 Å². The molecule has 1 aromatic carbocycles. The van der Waals surface area contributed by atoms with Gasteiger partial charge in [-0.2, -0.15) is 0 Å². The summed E-state index contributed by atoms with van der Waals surface area (Å²) in [6, 6.07) is 11.4. The highest BCUT2D eigenvalue weighted by molar-refractivity contribution is 6.04. The average molecular weight is 333 g/mol. The molecule has 4 rings (SSSR count). The van der Waals surface area contributed by atoms with E-state index in [2.05, 4.69) is 20.2 Å². The van der Waals surface area contributed by atoms with E-state index in [0.717, 1.165) is 30.3 Å². The Morgan fingerprint density at radius 3 is 2.72 bits per heavy atom. The Morgan fingerprint density at radius 1 is 1.12 bits per heavy atom. The van der Waals surface area contributed by atoms with Crippen LogP contribution in [-0.4, -0.2) is 33.5 Å². The van der Waals surface area contributed by atoms with Gasteiger partial charge in [-0.25, -0.2) is 9.97 Å². The van der Waals surface area contributed by atoms with Crippen LogP contribution in [0.5, 0.6) is 0 Å². The zero-order chi connectivity index (χ0) is 17.1. The van der Waals surface area contributed by atoms with Crippen LogP contribution in [0.2, 0.25) is 0 Å². The lowest BCUT2D eigenvalue weighted by atomic mass is 10.2. The van der Waals surface area contributed by atoms with Gasteiger partial charge in [-0.1, -0.05) is 6.07 Å². The lowest BCUT2D eigenvalue weighted by Crippen LogP contribution is -2.19. The van der Waals surface area contributed by atoms with Crippen LogP contribution in [0.15, 0.2) is 61.3 Å². The zero-order valence-electron chi connectivity index (χ0n) is 13.8. The highest BCUT2D eigenvalue weighted by atomic mass is 16.1. The first-order valence-electron chi connectivity index (χ1n) is 8.40. The number of rotatable bonds is 4. The molecule has 3 aromatic rings. The van der Waals surface area contributed by atoms with E-state index >= 15 is 0 Å². The van der Waals surface area contributed by atoms with Crippen molar-refractivity contribution < 1.29 is 4.79 Å². The van der Waals surface area contributed by atoms with Crippen molar-refractivity contribution in [2.24, 2.45) is 0 Å². The van der Waals surface area contributed by atoms with Crippen molar-refractivity contribution in [1.29, 1.82) is 0 Å². The number of anilines is 2. The van der Waals surface area contributed by atoms with Gasteiger partial charge in [0.1, 0.15) is 5.82 Å². The molecule has 1 N–H and O–H groups in total. The van der Waals surface area contributed by atoms with Gasteiger partial charge in [-0.15, -0.1) is 0 Å². The Hall–Kier alpha value is -3.15. The Morgan fingerprint density at radius 2 is 2.00 bits per heavy atom. The van der Waals surface area contributed by atoms with Crippen molar-refractivity contribution in [3.05, 3.63) is 66.9 Å². The van der Waals surface area contributed by atoms with Gasteiger partial charge < -0.3 is 14.8 Å². The third kappa shape index (κ3) is 3.38. The molecule has 0 atom stereocenters. The molecule has 3 heterocycles. The van der Waals surface area contributed by atoms with E-state index in [-0.39, 0.29) is 5.91 Å². The van der Waals surface area contributed by atoms with Crippen molar-refractivity contribution in [1.82, 2.24) is 14.5 Å². The molecule has 1 amide bonds. The fourth-order valence-corrected chi connectivity index (χ4v) is 3.01. The van der Waals surface area contributed by atoms with Crippen LogP contribution >= 0.6 is 0 Å². The molecule has 6 heteroatoms. The van der Waals surface area contributed by atoms with Crippen LogP contribution in [0.3, 0.4) is 0 Å².